The Balaban J connectivity index is 1.97. The van der Waals surface area contributed by atoms with Crippen molar-refractivity contribution in [3.63, 3.8) is 0 Å². The number of ether oxygens (including phenoxy) is 2. The summed E-state index contributed by atoms with van der Waals surface area (Å²) < 4.78 is 40.8. The van der Waals surface area contributed by atoms with E-state index < -0.39 is 51.3 Å². The summed E-state index contributed by atoms with van der Waals surface area (Å²) in [6, 6.07) is 5.11. The Hall–Kier alpha value is -3.78. The lowest BCUT2D eigenvalue weighted by Gasteiger charge is -2.13. The van der Waals surface area contributed by atoms with Gasteiger partial charge in [0.25, 0.3) is 10.0 Å². The molecule has 1 aromatic heterocycles. The fourth-order valence-corrected chi connectivity index (χ4v) is 4.08. The molecular formula is C20H21ClN2O11S. The van der Waals surface area contributed by atoms with Crippen LogP contribution >= 0.6 is 11.6 Å². The molecule has 1 aromatic carbocycles. The predicted molar refractivity (Wildman–Crippen MR) is 118 cm³/mol. The summed E-state index contributed by atoms with van der Waals surface area (Å²) in [4.78, 5) is 44.7. The average molecular weight is 533 g/mol. The van der Waals surface area contributed by atoms with E-state index in [2.05, 4.69) is 14.8 Å². The molecule has 4 N–H and O–H groups in total. The number of carbonyl (C=O) groups excluding carboxylic acids is 2. The summed E-state index contributed by atoms with van der Waals surface area (Å²) >= 11 is 6.03. The van der Waals surface area contributed by atoms with Crippen LogP contribution < -0.4 is 10.0 Å². The number of esters is 1. The van der Waals surface area contributed by atoms with Gasteiger partial charge in [-0.1, -0.05) is 11.6 Å². The Labute approximate surface area is 204 Å². The zero-order valence-corrected chi connectivity index (χ0v) is 19.6. The number of aromatic carboxylic acids is 1. The zero-order valence-electron chi connectivity index (χ0n) is 18.0. The van der Waals surface area contributed by atoms with Gasteiger partial charge < -0.3 is 29.4 Å². The second-order valence-corrected chi connectivity index (χ2v) is 8.90. The molecule has 2 rings (SSSR count). The first-order valence-corrected chi connectivity index (χ1v) is 11.8. The van der Waals surface area contributed by atoms with Gasteiger partial charge in [-0.05, 0) is 37.1 Å². The SMILES string of the molecule is O=C(O)CCCCC(=O)OCOC(=O)NS(=O)(=O)c1cc(C(=O)O)c(NCc2ccco2)cc1Cl. The lowest BCUT2D eigenvalue weighted by molar-refractivity contribution is -0.152. The van der Waals surface area contributed by atoms with Crippen molar-refractivity contribution in [1.82, 2.24) is 4.72 Å². The molecule has 0 saturated heterocycles. The van der Waals surface area contributed by atoms with E-state index in [0.717, 1.165) is 12.1 Å². The van der Waals surface area contributed by atoms with Crippen molar-refractivity contribution >= 4 is 51.3 Å². The second-order valence-electron chi connectivity index (χ2n) is 6.84. The normalized spacial score (nSPS) is 10.9. The minimum atomic E-state index is -4.66. The number of benzene rings is 1. The molecule has 15 heteroatoms. The molecule has 190 valence electrons. The number of carboxylic acids is 2. The highest BCUT2D eigenvalue weighted by Gasteiger charge is 2.25. The van der Waals surface area contributed by atoms with Crippen molar-refractivity contribution < 1.29 is 51.7 Å². The van der Waals surface area contributed by atoms with E-state index in [1.165, 1.54) is 11.0 Å². The maximum Gasteiger partial charge on any atom is 0.424 e. The van der Waals surface area contributed by atoms with Crippen LogP contribution in [0.5, 0.6) is 0 Å². The molecule has 0 spiro atoms. The highest BCUT2D eigenvalue weighted by Crippen LogP contribution is 2.29. The van der Waals surface area contributed by atoms with Gasteiger partial charge in [0.2, 0.25) is 6.79 Å². The maximum atomic E-state index is 12.5. The molecule has 2 aromatic rings. The monoisotopic (exact) mass is 532 g/mol. The van der Waals surface area contributed by atoms with Crippen LogP contribution in [0.2, 0.25) is 5.02 Å². The van der Waals surface area contributed by atoms with Gasteiger partial charge in [-0.15, -0.1) is 0 Å². The van der Waals surface area contributed by atoms with E-state index in [-0.39, 0.29) is 42.9 Å². The van der Waals surface area contributed by atoms with Gasteiger partial charge in [-0.25, -0.2) is 22.7 Å². The van der Waals surface area contributed by atoms with Gasteiger partial charge in [0.05, 0.1) is 29.1 Å². The molecule has 0 atom stereocenters. The van der Waals surface area contributed by atoms with Crippen molar-refractivity contribution in [2.45, 2.75) is 37.1 Å². The van der Waals surface area contributed by atoms with Crippen LogP contribution in [0.15, 0.2) is 39.8 Å². The van der Waals surface area contributed by atoms with Gasteiger partial charge >= 0.3 is 24.0 Å². The third-order valence-corrected chi connectivity index (χ3v) is 6.05. The highest BCUT2D eigenvalue weighted by molar-refractivity contribution is 7.90. The van der Waals surface area contributed by atoms with E-state index >= 15 is 0 Å². The first-order chi connectivity index (χ1) is 16.5. The fourth-order valence-electron chi connectivity index (χ4n) is 2.64. The number of carboxylic acid groups (broad SMARTS) is 2. The number of nitrogens with one attached hydrogen (secondary N) is 2. The third kappa shape index (κ3) is 8.83. The van der Waals surface area contributed by atoms with Crippen LogP contribution in [0.3, 0.4) is 0 Å². The number of unbranched alkanes of at least 4 members (excludes halogenated alkanes) is 1. The Kier molecular flexibility index (Phi) is 9.90. The van der Waals surface area contributed by atoms with E-state index in [4.69, 9.17) is 21.1 Å². The lowest BCUT2D eigenvalue weighted by Crippen LogP contribution is -2.32. The van der Waals surface area contributed by atoms with Crippen molar-refractivity contribution in [2.24, 2.45) is 0 Å². The standard InChI is InChI=1S/C20H21ClN2O11S/c21-14-9-15(22-10-12-4-3-7-32-12)13(19(27)28)8-16(14)35(30,31)23-20(29)34-11-33-18(26)6-2-1-5-17(24)25/h3-4,7-9,22H,1-2,5-6,10-11H2,(H,23,29)(H,24,25)(H,27,28). The zero-order chi connectivity index (χ0) is 26.0. The molecule has 0 unspecified atom stereocenters. The molecule has 0 aliphatic rings. The van der Waals surface area contributed by atoms with Crippen molar-refractivity contribution in [3.8, 4) is 0 Å². The summed E-state index contributed by atoms with van der Waals surface area (Å²) in [6.45, 7) is -0.804. The number of rotatable bonds is 13. The van der Waals surface area contributed by atoms with Gasteiger partial charge in [-0.3, -0.25) is 9.59 Å². The van der Waals surface area contributed by atoms with Crippen molar-refractivity contribution in [1.29, 1.82) is 0 Å². The van der Waals surface area contributed by atoms with Crippen LogP contribution in [0.1, 0.15) is 41.8 Å². The van der Waals surface area contributed by atoms with Crippen LogP contribution in [0, 0.1) is 0 Å². The number of hydrogen-bond acceptors (Lipinski definition) is 10. The van der Waals surface area contributed by atoms with Crippen molar-refractivity contribution in [3.05, 3.63) is 46.9 Å². The summed E-state index contributed by atoms with van der Waals surface area (Å²) in [5.74, 6) is -2.76. The highest BCUT2D eigenvalue weighted by atomic mass is 35.5. The first-order valence-electron chi connectivity index (χ1n) is 9.89. The summed E-state index contributed by atoms with van der Waals surface area (Å²) in [6.07, 6.45) is 0.174. The molecule has 0 saturated carbocycles. The number of halogens is 1. The molecular weight excluding hydrogens is 512 g/mol. The largest absolute Gasteiger partial charge is 0.481 e. The molecule has 0 radical (unpaired) electrons. The van der Waals surface area contributed by atoms with E-state index in [9.17, 15) is 32.7 Å². The van der Waals surface area contributed by atoms with Crippen LogP contribution in [-0.4, -0.2) is 49.4 Å². The molecule has 35 heavy (non-hydrogen) atoms. The number of carbonyl (C=O) groups is 4. The average Bonchev–Trinajstić information content (AvgIpc) is 3.28. The minimum Gasteiger partial charge on any atom is -0.481 e. The summed E-state index contributed by atoms with van der Waals surface area (Å²) in [5, 5.41) is 20.4. The number of amides is 1. The van der Waals surface area contributed by atoms with Gasteiger partial charge in [-0.2, -0.15) is 0 Å². The van der Waals surface area contributed by atoms with Crippen molar-refractivity contribution in [2.75, 3.05) is 12.1 Å². The molecule has 0 fully saturated rings. The van der Waals surface area contributed by atoms with Gasteiger partial charge in [0, 0.05) is 12.8 Å². The molecule has 1 heterocycles. The molecule has 0 aliphatic heterocycles. The number of anilines is 1. The summed E-state index contributed by atoms with van der Waals surface area (Å²) in [5.41, 5.74) is -0.428. The number of sulfonamides is 1. The minimum absolute atomic E-state index is 0.00990. The first kappa shape index (κ1) is 27.5. The Morgan fingerprint density at radius 2 is 1.77 bits per heavy atom. The quantitative estimate of drug-likeness (QED) is 0.167. The van der Waals surface area contributed by atoms with Gasteiger partial charge in [0.15, 0.2) is 0 Å². The predicted octanol–water partition coefficient (Wildman–Crippen LogP) is 2.80. The second kappa shape index (κ2) is 12.6. The van der Waals surface area contributed by atoms with Crippen LogP contribution in [0.25, 0.3) is 0 Å². The third-order valence-electron chi connectivity index (χ3n) is 4.27. The smallest absolute Gasteiger partial charge is 0.424 e. The number of hydrogen-bond donors (Lipinski definition) is 4. The lowest BCUT2D eigenvalue weighted by atomic mass is 10.1. The number of aliphatic carboxylic acids is 1. The van der Waals surface area contributed by atoms with Crippen LogP contribution in [0.4, 0.5) is 10.5 Å². The van der Waals surface area contributed by atoms with Gasteiger partial charge in [0.1, 0.15) is 10.7 Å². The Morgan fingerprint density at radius 3 is 2.40 bits per heavy atom. The Morgan fingerprint density at radius 1 is 1.06 bits per heavy atom. The van der Waals surface area contributed by atoms with Crippen LogP contribution in [-0.2, 0) is 35.6 Å². The topological polar surface area (TPSA) is 199 Å². The molecule has 13 nitrogen and oxygen atoms in total. The molecule has 0 bridgehead atoms. The van der Waals surface area contributed by atoms with E-state index in [1.54, 1.807) is 12.1 Å². The molecule has 0 aliphatic carbocycles. The van der Waals surface area contributed by atoms with E-state index in [0.29, 0.717) is 5.76 Å². The maximum absolute atomic E-state index is 12.5. The number of furan rings is 1. The van der Waals surface area contributed by atoms with E-state index in [1.807, 2.05) is 0 Å². The molecule has 1 amide bonds. The fraction of sp³-hybridized carbons (Fsp3) is 0.300. The Bertz CT molecular complexity index is 1180. The summed E-state index contributed by atoms with van der Waals surface area (Å²) in [7, 11) is -4.66.